The lowest BCUT2D eigenvalue weighted by Crippen LogP contribution is -2.50. The Labute approximate surface area is 193 Å². The van der Waals surface area contributed by atoms with E-state index < -0.39 is 10.0 Å². The number of carbonyl (C=O) groups is 1. The van der Waals surface area contributed by atoms with E-state index >= 15 is 0 Å². The van der Waals surface area contributed by atoms with Crippen molar-refractivity contribution < 1.29 is 22.7 Å². The van der Waals surface area contributed by atoms with Crippen molar-refractivity contribution in [3.8, 4) is 17.2 Å². The molecule has 172 valence electrons. The zero-order valence-electron chi connectivity index (χ0n) is 18.3. The molecular weight excluding hydrogens is 442 g/mol. The van der Waals surface area contributed by atoms with Crippen LogP contribution in [0.3, 0.4) is 0 Å². The number of aromatic nitrogens is 1. The highest BCUT2D eigenvalue weighted by Gasteiger charge is 2.30. The smallest absolute Gasteiger partial charge is 0.255 e. The fraction of sp³-hybridized carbons (Fsp3) is 0.250. The Morgan fingerprint density at radius 2 is 1.52 bits per heavy atom. The molecule has 0 aliphatic carbocycles. The second kappa shape index (κ2) is 10.0. The molecule has 3 aromatic rings. The van der Waals surface area contributed by atoms with Crippen molar-refractivity contribution in [2.45, 2.75) is 11.8 Å². The Bertz CT molecular complexity index is 1180. The lowest BCUT2D eigenvalue weighted by Gasteiger charge is -2.34. The summed E-state index contributed by atoms with van der Waals surface area (Å²) in [5.41, 5.74) is 0.497. The number of hydrogen-bond acceptors (Lipinski definition) is 6. The minimum absolute atomic E-state index is 0.143. The molecule has 2 aromatic carbocycles. The average Bonchev–Trinajstić information content (AvgIpc) is 2.86. The first-order chi connectivity index (χ1) is 16.0. The molecule has 1 aliphatic rings. The van der Waals surface area contributed by atoms with Crippen LogP contribution in [0.15, 0.2) is 78.0 Å². The van der Waals surface area contributed by atoms with Crippen LogP contribution in [0.5, 0.6) is 17.2 Å². The molecule has 0 saturated carbocycles. The third-order valence-corrected chi connectivity index (χ3v) is 7.18. The van der Waals surface area contributed by atoms with Crippen LogP contribution in [-0.4, -0.2) is 61.3 Å². The van der Waals surface area contributed by atoms with E-state index in [1.165, 1.54) is 22.6 Å². The van der Waals surface area contributed by atoms with Gasteiger partial charge in [-0.2, -0.15) is 4.31 Å². The van der Waals surface area contributed by atoms with Crippen molar-refractivity contribution >= 4 is 15.9 Å². The average molecular weight is 468 g/mol. The molecule has 1 fully saturated rings. The van der Waals surface area contributed by atoms with Gasteiger partial charge in [0.05, 0.1) is 17.1 Å². The molecule has 0 atom stereocenters. The molecule has 9 heteroatoms. The minimum Gasteiger partial charge on any atom is -0.494 e. The van der Waals surface area contributed by atoms with Crippen molar-refractivity contribution in [3.05, 3.63) is 78.6 Å². The van der Waals surface area contributed by atoms with E-state index in [4.69, 9.17) is 9.47 Å². The minimum atomic E-state index is -3.67. The van der Waals surface area contributed by atoms with Crippen molar-refractivity contribution in [3.63, 3.8) is 0 Å². The SMILES string of the molecule is CCOc1ccc(Oc2ccc(S(=O)(=O)N3CCN(C(=O)c4cccnc4)CC3)cc2)cc1. The summed E-state index contributed by atoms with van der Waals surface area (Å²) in [6, 6.07) is 17.0. The summed E-state index contributed by atoms with van der Waals surface area (Å²) in [7, 11) is -3.67. The fourth-order valence-electron chi connectivity index (χ4n) is 3.54. The van der Waals surface area contributed by atoms with Gasteiger partial charge in [0.25, 0.3) is 5.91 Å². The van der Waals surface area contributed by atoms with E-state index in [1.807, 2.05) is 19.1 Å². The van der Waals surface area contributed by atoms with Crippen LogP contribution in [0.25, 0.3) is 0 Å². The van der Waals surface area contributed by atoms with Gasteiger partial charge in [0.1, 0.15) is 17.2 Å². The number of rotatable bonds is 7. The van der Waals surface area contributed by atoms with Gasteiger partial charge in [-0.25, -0.2) is 8.42 Å². The standard InChI is InChI=1S/C24H25N3O5S/c1-2-31-20-5-7-21(8-6-20)32-22-9-11-23(12-10-22)33(29,30)27-16-14-26(15-17-27)24(28)19-4-3-13-25-18-19/h3-13,18H,2,14-17H2,1H3. The maximum absolute atomic E-state index is 13.1. The van der Waals surface area contributed by atoms with Crippen molar-refractivity contribution in [1.82, 2.24) is 14.2 Å². The molecule has 33 heavy (non-hydrogen) atoms. The fourth-order valence-corrected chi connectivity index (χ4v) is 4.96. The molecule has 1 aliphatic heterocycles. The monoisotopic (exact) mass is 467 g/mol. The number of nitrogens with zero attached hydrogens (tertiary/aromatic N) is 3. The van der Waals surface area contributed by atoms with Gasteiger partial charge >= 0.3 is 0 Å². The summed E-state index contributed by atoms with van der Waals surface area (Å²) in [6.45, 7) is 3.63. The molecule has 0 unspecified atom stereocenters. The van der Waals surface area contributed by atoms with Gasteiger partial charge in [-0.3, -0.25) is 9.78 Å². The topological polar surface area (TPSA) is 89.0 Å². The number of benzene rings is 2. The molecule has 2 heterocycles. The lowest BCUT2D eigenvalue weighted by molar-refractivity contribution is 0.0697. The normalized spacial score (nSPS) is 14.6. The zero-order chi connectivity index (χ0) is 23.3. The number of hydrogen-bond donors (Lipinski definition) is 0. The predicted molar refractivity (Wildman–Crippen MR) is 123 cm³/mol. The molecule has 1 amide bonds. The van der Waals surface area contributed by atoms with E-state index in [1.54, 1.807) is 47.5 Å². The Morgan fingerprint density at radius 3 is 2.09 bits per heavy atom. The van der Waals surface area contributed by atoms with Crippen molar-refractivity contribution in [2.75, 3.05) is 32.8 Å². The van der Waals surface area contributed by atoms with Crippen LogP contribution in [-0.2, 0) is 10.0 Å². The van der Waals surface area contributed by atoms with E-state index in [2.05, 4.69) is 4.98 Å². The summed E-state index contributed by atoms with van der Waals surface area (Å²) in [5.74, 6) is 1.78. The molecule has 0 bridgehead atoms. The number of amides is 1. The number of pyridine rings is 1. The summed E-state index contributed by atoms with van der Waals surface area (Å²) in [6.07, 6.45) is 3.12. The van der Waals surface area contributed by atoms with Gasteiger partial charge in [0.15, 0.2) is 0 Å². The number of ether oxygens (including phenoxy) is 2. The van der Waals surface area contributed by atoms with Gasteiger partial charge in [0, 0.05) is 38.6 Å². The first-order valence-corrected chi connectivity index (χ1v) is 12.1. The lowest BCUT2D eigenvalue weighted by atomic mass is 10.2. The quantitative estimate of drug-likeness (QED) is 0.529. The third kappa shape index (κ3) is 5.32. The molecule has 1 saturated heterocycles. The Kier molecular flexibility index (Phi) is 6.90. The summed E-state index contributed by atoms with van der Waals surface area (Å²) in [5, 5.41) is 0. The van der Waals surface area contributed by atoms with Gasteiger partial charge in [-0.15, -0.1) is 0 Å². The van der Waals surface area contributed by atoms with Crippen LogP contribution >= 0.6 is 0 Å². The number of sulfonamides is 1. The van der Waals surface area contributed by atoms with Gasteiger partial charge in [0.2, 0.25) is 10.0 Å². The third-order valence-electron chi connectivity index (χ3n) is 5.27. The second-order valence-corrected chi connectivity index (χ2v) is 9.35. The Morgan fingerprint density at radius 1 is 0.909 bits per heavy atom. The van der Waals surface area contributed by atoms with E-state index in [9.17, 15) is 13.2 Å². The molecule has 0 spiro atoms. The highest BCUT2D eigenvalue weighted by Crippen LogP contribution is 2.26. The highest BCUT2D eigenvalue weighted by atomic mass is 32.2. The Hall–Kier alpha value is -3.43. The van der Waals surface area contributed by atoms with Crippen molar-refractivity contribution in [1.29, 1.82) is 0 Å². The number of carbonyl (C=O) groups excluding carboxylic acids is 1. The Balaban J connectivity index is 1.37. The highest BCUT2D eigenvalue weighted by molar-refractivity contribution is 7.89. The van der Waals surface area contributed by atoms with Gasteiger partial charge in [-0.1, -0.05) is 0 Å². The summed E-state index contributed by atoms with van der Waals surface area (Å²) < 4.78 is 38.7. The van der Waals surface area contributed by atoms with E-state index in [0.29, 0.717) is 36.8 Å². The molecule has 0 radical (unpaired) electrons. The van der Waals surface area contributed by atoms with Crippen LogP contribution < -0.4 is 9.47 Å². The van der Waals surface area contributed by atoms with Crippen LogP contribution in [0.2, 0.25) is 0 Å². The van der Waals surface area contributed by atoms with Crippen LogP contribution in [0.4, 0.5) is 0 Å². The predicted octanol–water partition coefficient (Wildman–Crippen LogP) is 3.42. The van der Waals surface area contributed by atoms with Crippen molar-refractivity contribution in [2.24, 2.45) is 0 Å². The largest absolute Gasteiger partial charge is 0.494 e. The first-order valence-electron chi connectivity index (χ1n) is 10.7. The maximum Gasteiger partial charge on any atom is 0.255 e. The zero-order valence-corrected chi connectivity index (χ0v) is 19.1. The summed E-state index contributed by atoms with van der Waals surface area (Å²) >= 11 is 0. The van der Waals surface area contributed by atoms with E-state index in [-0.39, 0.29) is 23.9 Å². The molecule has 4 rings (SSSR count). The maximum atomic E-state index is 13.1. The van der Waals surface area contributed by atoms with Crippen LogP contribution in [0.1, 0.15) is 17.3 Å². The number of piperazine rings is 1. The first kappa shape index (κ1) is 22.8. The molecule has 0 N–H and O–H groups in total. The summed E-state index contributed by atoms with van der Waals surface area (Å²) in [4.78, 5) is 18.4. The molecule has 8 nitrogen and oxygen atoms in total. The second-order valence-electron chi connectivity index (χ2n) is 7.42. The van der Waals surface area contributed by atoms with Crippen LogP contribution in [0, 0.1) is 0 Å². The van der Waals surface area contributed by atoms with Gasteiger partial charge in [-0.05, 0) is 67.6 Å². The molecule has 1 aromatic heterocycles. The molecular formula is C24H25N3O5S. The van der Waals surface area contributed by atoms with Gasteiger partial charge < -0.3 is 14.4 Å². The van der Waals surface area contributed by atoms with E-state index in [0.717, 1.165) is 5.75 Å².